The predicted octanol–water partition coefficient (Wildman–Crippen LogP) is 2.55. The van der Waals surface area contributed by atoms with Gasteiger partial charge < -0.3 is 14.2 Å². The summed E-state index contributed by atoms with van der Waals surface area (Å²) >= 11 is 0. The van der Waals surface area contributed by atoms with Crippen LogP contribution in [0, 0.1) is 5.92 Å². The molecule has 2 aliphatic rings. The topological polar surface area (TPSA) is 90.9 Å². The highest BCUT2D eigenvalue weighted by atomic mass is 16.6. The molecule has 1 aliphatic heterocycles. The van der Waals surface area contributed by atoms with Crippen LogP contribution in [0.2, 0.25) is 0 Å². The van der Waals surface area contributed by atoms with Gasteiger partial charge in [-0.3, -0.25) is 14.9 Å². The summed E-state index contributed by atoms with van der Waals surface area (Å²) < 4.78 is 16.3. The van der Waals surface area contributed by atoms with Gasteiger partial charge in [0.05, 0.1) is 0 Å². The Labute approximate surface area is 164 Å². The van der Waals surface area contributed by atoms with Gasteiger partial charge in [-0.2, -0.15) is 0 Å². The maximum Gasteiger partial charge on any atom is 0.344 e. The van der Waals surface area contributed by atoms with Gasteiger partial charge in [0, 0.05) is 17.9 Å². The zero-order valence-corrected chi connectivity index (χ0v) is 16.4. The summed E-state index contributed by atoms with van der Waals surface area (Å²) in [5.41, 5.74) is 0.710. The number of para-hydroxylation sites is 1. The molecule has 2 amide bonds. The second-order valence-electron chi connectivity index (χ2n) is 7.98. The predicted molar refractivity (Wildman–Crippen MR) is 101 cm³/mol. The van der Waals surface area contributed by atoms with Crippen LogP contribution in [0.4, 0.5) is 0 Å². The number of imide groups is 1. The molecule has 1 aliphatic carbocycles. The van der Waals surface area contributed by atoms with E-state index in [9.17, 15) is 14.4 Å². The Kier molecular flexibility index (Phi) is 6.21. The molecule has 1 N–H and O–H groups in total. The molecule has 7 nitrogen and oxygen atoms in total. The summed E-state index contributed by atoms with van der Waals surface area (Å²) in [6.07, 6.45) is 5.49. The molecule has 7 heteroatoms. The van der Waals surface area contributed by atoms with E-state index in [1.54, 1.807) is 6.07 Å². The number of hydrogen-bond donors (Lipinski definition) is 1. The number of amides is 2. The first-order valence-corrected chi connectivity index (χ1v) is 9.77. The Morgan fingerprint density at radius 1 is 1.14 bits per heavy atom. The van der Waals surface area contributed by atoms with Crippen molar-refractivity contribution in [2.45, 2.75) is 58.0 Å². The molecule has 1 heterocycles. The average Bonchev–Trinajstić information content (AvgIpc) is 2.99. The van der Waals surface area contributed by atoms with Gasteiger partial charge in [-0.05, 0) is 32.8 Å². The SMILES string of the molecule is CC1(C)Cc2cccc(OCC(=O)OCC(=O)NC(=O)C3CCCCC3)c2O1. The van der Waals surface area contributed by atoms with Crippen LogP contribution < -0.4 is 14.8 Å². The quantitative estimate of drug-likeness (QED) is 0.752. The Bertz CT molecular complexity index is 751. The molecule has 1 fully saturated rings. The zero-order chi connectivity index (χ0) is 20.1. The first-order valence-electron chi connectivity index (χ1n) is 9.77. The lowest BCUT2D eigenvalue weighted by atomic mass is 9.89. The van der Waals surface area contributed by atoms with E-state index in [1.807, 2.05) is 26.0 Å². The standard InChI is InChI=1S/C21H27NO6/c1-21(2)11-15-9-6-10-16(19(15)28-21)26-13-18(24)27-12-17(23)22-20(25)14-7-4-3-5-8-14/h6,9-10,14H,3-5,7-8,11-13H2,1-2H3,(H,22,23,25). The van der Waals surface area contributed by atoms with Gasteiger partial charge >= 0.3 is 5.97 Å². The van der Waals surface area contributed by atoms with Crippen molar-refractivity contribution >= 4 is 17.8 Å². The van der Waals surface area contributed by atoms with E-state index >= 15 is 0 Å². The normalized spacial score (nSPS) is 17.9. The van der Waals surface area contributed by atoms with Gasteiger partial charge in [-0.15, -0.1) is 0 Å². The molecule has 0 bridgehead atoms. The average molecular weight is 389 g/mol. The van der Waals surface area contributed by atoms with Crippen molar-refractivity contribution in [3.05, 3.63) is 23.8 Å². The lowest BCUT2D eigenvalue weighted by molar-refractivity contribution is -0.151. The third-order valence-corrected chi connectivity index (χ3v) is 5.00. The third kappa shape index (κ3) is 5.24. The smallest absolute Gasteiger partial charge is 0.344 e. The van der Waals surface area contributed by atoms with Gasteiger partial charge in [0.15, 0.2) is 24.7 Å². The maximum absolute atomic E-state index is 12.0. The first kappa shape index (κ1) is 20.2. The number of ether oxygens (including phenoxy) is 3. The van der Waals surface area contributed by atoms with E-state index in [2.05, 4.69) is 5.32 Å². The number of hydrogen-bond acceptors (Lipinski definition) is 6. The summed E-state index contributed by atoms with van der Waals surface area (Å²) in [4.78, 5) is 35.7. The molecule has 1 saturated carbocycles. The van der Waals surface area contributed by atoms with Crippen LogP contribution in [0.3, 0.4) is 0 Å². The summed E-state index contributed by atoms with van der Waals surface area (Å²) in [6.45, 7) is 3.12. The molecule has 3 rings (SSSR count). The van der Waals surface area contributed by atoms with Crippen molar-refractivity contribution in [1.29, 1.82) is 0 Å². The van der Waals surface area contributed by atoms with Gasteiger partial charge in [0.1, 0.15) is 5.60 Å². The van der Waals surface area contributed by atoms with Crippen LogP contribution in [-0.4, -0.2) is 36.6 Å². The summed E-state index contributed by atoms with van der Waals surface area (Å²) in [5.74, 6) is -0.601. The van der Waals surface area contributed by atoms with E-state index in [0.29, 0.717) is 11.5 Å². The molecule has 0 aromatic heterocycles. The number of benzene rings is 1. The molecule has 0 saturated heterocycles. The van der Waals surface area contributed by atoms with Crippen molar-refractivity contribution in [3.63, 3.8) is 0 Å². The highest BCUT2D eigenvalue weighted by molar-refractivity contribution is 5.97. The Hall–Kier alpha value is -2.57. The minimum absolute atomic E-state index is 0.124. The van der Waals surface area contributed by atoms with E-state index in [-0.39, 0.29) is 24.0 Å². The molecule has 0 unspecified atom stereocenters. The van der Waals surface area contributed by atoms with Crippen LogP contribution in [-0.2, 0) is 25.5 Å². The van der Waals surface area contributed by atoms with Crippen molar-refractivity contribution in [1.82, 2.24) is 5.32 Å². The van der Waals surface area contributed by atoms with Crippen LogP contribution in [0.15, 0.2) is 18.2 Å². The molecule has 152 valence electrons. The fourth-order valence-corrected chi connectivity index (χ4v) is 3.67. The van der Waals surface area contributed by atoms with E-state index in [0.717, 1.165) is 44.1 Å². The number of esters is 1. The minimum atomic E-state index is -0.685. The van der Waals surface area contributed by atoms with E-state index in [4.69, 9.17) is 14.2 Å². The van der Waals surface area contributed by atoms with Crippen LogP contribution in [0.5, 0.6) is 11.5 Å². The van der Waals surface area contributed by atoms with E-state index in [1.165, 1.54) is 0 Å². The fraction of sp³-hybridized carbons (Fsp3) is 0.571. The summed E-state index contributed by atoms with van der Waals surface area (Å²) in [6, 6.07) is 5.53. The van der Waals surface area contributed by atoms with E-state index < -0.39 is 18.5 Å². The van der Waals surface area contributed by atoms with Crippen LogP contribution >= 0.6 is 0 Å². The lowest BCUT2D eigenvalue weighted by Gasteiger charge is -2.20. The Morgan fingerprint density at radius 2 is 1.89 bits per heavy atom. The van der Waals surface area contributed by atoms with Crippen molar-refractivity contribution < 1.29 is 28.6 Å². The molecular weight excluding hydrogens is 362 g/mol. The highest BCUT2D eigenvalue weighted by Gasteiger charge is 2.32. The first-order chi connectivity index (χ1) is 13.3. The van der Waals surface area contributed by atoms with Crippen molar-refractivity contribution in [3.8, 4) is 11.5 Å². The van der Waals surface area contributed by atoms with Gasteiger partial charge in [-0.25, -0.2) is 4.79 Å². The number of carbonyl (C=O) groups is 3. The molecule has 1 aromatic rings. The second kappa shape index (κ2) is 8.63. The molecular formula is C21H27NO6. The third-order valence-electron chi connectivity index (χ3n) is 5.00. The Morgan fingerprint density at radius 3 is 2.64 bits per heavy atom. The molecule has 1 aromatic carbocycles. The van der Waals surface area contributed by atoms with Crippen LogP contribution in [0.1, 0.15) is 51.5 Å². The van der Waals surface area contributed by atoms with Crippen molar-refractivity contribution in [2.75, 3.05) is 13.2 Å². The Balaban J connectivity index is 1.41. The molecule has 0 radical (unpaired) electrons. The van der Waals surface area contributed by atoms with Gasteiger partial charge in [0.25, 0.3) is 5.91 Å². The molecule has 0 atom stereocenters. The van der Waals surface area contributed by atoms with Gasteiger partial charge in [-0.1, -0.05) is 31.4 Å². The second-order valence-corrected chi connectivity index (χ2v) is 7.98. The highest BCUT2D eigenvalue weighted by Crippen LogP contribution is 2.41. The zero-order valence-electron chi connectivity index (χ0n) is 16.4. The number of carbonyl (C=O) groups excluding carboxylic acids is 3. The number of nitrogens with one attached hydrogen (secondary N) is 1. The van der Waals surface area contributed by atoms with Crippen molar-refractivity contribution in [2.24, 2.45) is 5.92 Å². The summed E-state index contributed by atoms with van der Waals surface area (Å²) in [5, 5.41) is 2.31. The fourth-order valence-electron chi connectivity index (χ4n) is 3.67. The lowest BCUT2D eigenvalue weighted by Crippen LogP contribution is -2.39. The number of fused-ring (bicyclic) bond motifs is 1. The monoisotopic (exact) mass is 389 g/mol. The largest absolute Gasteiger partial charge is 0.483 e. The van der Waals surface area contributed by atoms with Gasteiger partial charge in [0.2, 0.25) is 5.91 Å². The molecule has 0 spiro atoms. The minimum Gasteiger partial charge on any atom is -0.483 e. The molecule has 28 heavy (non-hydrogen) atoms. The number of rotatable bonds is 6. The van der Waals surface area contributed by atoms with Crippen LogP contribution in [0.25, 0.3) is 0 Å². The maximum atomic E-state index is 12.0. The summed E-state index contributed by atoms with van der Waals surface area (Å²) in [7, 11) is 0.